The summed E-state index contributed by atoms with van der Waals surface area (Å²) in [6.07, 6.45) is 0. The number of para-hydroxylation sites is 3. The van der Waals surface area contributed by atoms with Gasteiger partial charge >= 0.3 is 0 Å². The van der Waals surface area contributed by atoms with Crippen molar-refractivity contribution >= 4 is 170 Å². The fourth-order valence-corrected chi connectivity index (χ4v) is 20.6. The highest BCUT2D eigenvalue weighted by molar-refractivity contribution is 7.27. The van der Waals surface area contributed by atoms with Crippen LogP contribution in [-0.4, -0.2) is 8.07 Å². The lowest BCUT2D eigenvalue weighted by atomic mass is 10.0. The molecule has 0 spiro atoms. The summed E-state index contributed by atoms with van der Waals surface area (Å²) in [5, 5.41) is 14.9. The molecule has 0 saturated heterocycles. The van der Waals surface area contributed by atoms with Crippen LogP contribution in [-0.2, 0) is 0 Å². The zero-order valence-corrected chi connectivity index (χ0v) is 45.1. The van der Waals surface area contributed by atoms with Crippen LogP contribution in [0.25, 0.3) is 95.3 Å². The maximum atomic E-state index is 7.35. The molecule has 0 bridgehead atoms. The first kappa shape index (κ1) is 44.6. The molecule has 370 valence electrons. The summed E-state index contributed by atoms with van der Waals surface area (Å²) in [6, 6.07) is 98.5. The molecule has 0 amide bonds. The van der Waals surface area contributed by atoms with Crippen LogP contribution < -0.4 is 30.5 Å². The van der Waals surface area contributed by atoms with E-state index in [0.29, 0.717) is 0 Å². The molecule has 0 atom stereocenters. The fourth-order valence-electron chi connectivity index (χ4n) is 13.0. The molecule has 0 N–H and O–H groups in total. The molecule has 12 aromatic carbocycles. The van der Waals surface area contributed by atoms with Gasteiger partial charge in [-0.2, -0.15) is 0 Å². The van der Waals surface area contributed by atoms with Gasteiger partial charge in [-0.15, -0.1) is 22.7 Å². The van der Waals surface area contributed by atoms with Crippen LogP contribution in [0.3, 0.4) is 0 Å². The average molecular weight is 1060 g/mol. The summed E-state index contributed by atoms with van der Waals surface area (Å²) in [5.41, 5.74) is 12.2. The van der Waals surface area contributed by atoms with Crippen molar-refractivity contribution in [3.05, 3.63) is 267 Å². The molecular formula is C72H44N2O2S2Si. The summed E-state index contributed by atoms with van der Waals surface area (Å²) >= 11 is 3.78. The van der Waals surface area contributed by atoms with E-state index in [1.54, 1.807) is 0 Å². The first-order chi connectivity index (χ1) is 39.1. The summed E-state index contributed by atoms with van der Waals surface area (Å²) in [6.45, 7) is 0. The number of benzene rings is 12. The third kappa shape index (κ3) is 6.71. The van der Waals surface area contributed by atoms with Crippen molar-refractivity contribution in [2.45, 2.75) is 0 Å². The minimum absolute atomic E-state index is 0.819. The predicted molar refractivity (Wildman–Crippen MR) is 339 cm³/mol. The van der Waals surface area contributed by atoms with Gasteiger partial charge in [0.25, 0.3) is 0 Å². The third-order valence-corrected chi connectivity index (χ3v) is 23.6. The summed E-state index contributed by atoms with van der Waals surface area (Å²) < 4.78 is 19.1. The Morgan fingerprint density at radius 3 is 1.46 bits per heavy atom. The van der Waals surface area contributed by atoms with Gasteiger partial charge in [0.1, 0.15) is 22.3 Å². The number of fused-ring (bicyclic) bond motifs is 14. The maximum Gasteiger partial charge on any atom is 0.184 e. The summed E-state index contributed by atoms with van der Waals surface area (Å²) in [5.74, 6) is 0. The van der Waals surface area contributed by atoms with Crippen LogP contribution in [0.2, 0.25) is 0 Å². The van der Waals surface area contributed by atoms with E-state index in [9.17, 15) is 0 Å². The summed E-state index contributed by atoms with van der Waals surface area (Å²) in [7, 11) is -3.24. The fraction of sp³-hybridized carbons (Fsp3) is 0. The van der Waals surface area contributed by atoms with E-state index in [4.69, 9.17) is 8.83 Å². The highest BCUT2D eigenvalue weighted by Crippen LogP contribution is 2.46. The molecule has 0 unspecified atom stereocenters. The molecule has 79 heavy (non-hydrogen) atoms. The minimum atomic E-state index is -3.24. The van der Waals surface area contributed by atoms with Gasteiger partial charge in [-0.1, -0.05) is 158 Å². The standard InChI is InChI=1S/C72H44N2O2S2Si/c1-3-15-45(16-4-1)46-27-29-48(30-28-46)73(49-31-35-54-53-19-7-11-23-63(53)75-64(54)39-49)50-32-36-55-60-43-62-72(44-66(60)76-65(55)40-50)79(51-33-37-58-56-20-8-12-24-67(56)77-69(58)41-51,52-34-38-59-57-21-9-13-25-68(57)78-70(59)42-52)71-26-14-10-22-61(71)74(62)47-17-5-2-6-18-47/h1-44H. The van der Waals surface area contributed by atoms with Crippen molar-refractivity contribution in [1.82, 2.24) is 0 Å². The van der Waals surface area contributed by atoms with Crippen molar-refractivity contribution in [3.63, 3.8) is 0 Å². The number of hydrogen-bond donors (Lipinski definition) is 0. The molecule has 4 nitrogen and oxygen atoms in total. The molecule has 0 radical (unpaired) electrons. The molecule has 0 saturated carbocycles. The predicted octanol–water partition coefficient (Wildman–Crippen LogP) is 18.5. The van der Waals surface area contributed by atoms with Crippen molar-refractivity contribution in [2.75, 3.05) is 9.80 Å². The summed E-state index contributed by atoms with van der Waals surface area (Å²) in [4.78, 5) is 4.83. The lowest BCUT2D eigenvalue weighted by Gasteiger charge is -2.45. The Kier molecular flexibility index (Phi) is 9.74. The van der Waals surface area contributed by atoms with E-state index in [-0.39, 0.29) is 0 Å². The average Bonchev–Trinajstić information content (AvgIpc) is 3.92. The second-order valence-corrected chi connectivity index (χ2v) is 26.6. The van der Waals surface area contributed by atoms with Crippen LogP contribution in [0.15, 0.2) is 276 Å². The second kappa shape index (κ2) is 17.3. The van der Waals surface area contributed by atoms with Gasteiger partial charge in [0.15, 0.2) is 8.07 Å². The number of hydrogen-bond acceptors (Lipinski definition) is 6. The minimum Gasteiger partial charge on any atom is -0.456 e. The molecule has 17 rings (SSSR count). The number of nitrogens with zero attached hydrogens (tertiary/aromatic N) is 2. The van der Waals surface area contributed by atoms with E-state index >= 15 is 0 Å². The second-order valence-electron chi connectivity index (χ2n) is 20.7. The Morgan fingerprint density at radius 1 is 0.304 bits per heavy atom. The molecule has 7 heteroatoms. The molecular weight excluding hydrogens is 1020 g/mol. The lowest BCUT2D eigenvalue weighted by Crippen LogP contribution is -2.77. The van der Waals surface area contributed by atoms with E-state index in [1.165, 1.54) is 78.0 Å². The highest BCUT2D eigenvalue weighted by Gasteiger charge is 2.50. The van der Waals surface area contributed by atoms with Gasteiger partial charge in [0.05, 0.1) is 0 Å². The van der Waals surface area contributed by atoms with Crippen molar-refractivity contribution in [1.29, 1.82) is 0 Å². The molecule has 1 aliphatic heterocycles. The normalized spacial score (nSPS) is 13.1. The Balaban J connectivity index is 0.920. The van der Waals surface area contributed by atoms with Gasteiger partial charge in [0.2, 0.25) is 0 Å². The number of thiophene rings is 2. The zero-order valence-electron chi connectivity index (χ0n) is 42.4. The SMILES string of the molecule is c1ccc(-c2ccc(N(c3ccc4c(c3)oc3ccccc34)c3ccc4c(c3)oc3cc5c(cc34)N(c3ccccc3)c3ccccc3[Si]5(c3ccc4c(c3)sc3ccccc34)c3ccc4c(c3)sc3ccccc34)cc2)cc1. The van der Waals surface area contributed by atoms with Crippen LogP contribution >= 0.6 is 22.7 Å². The number of anilines is 6. The first-order valence-corrected chi connectivity index (χ1v) is 30.4. The smallest absolute Gasteiger partial charge is 0.184 e. The Bertz CT molecular complexity index is 5000. The Hall–Kier alpha value is -9.50. The Labute approximate surface area is 463 Å². The maximum absolute atomic E-state index is 7.35. The van der Waals surface area contributed by atoms with Gasteiger partial charge in [-0.05, 0) is 129 Å². The monoisotopic (exact) mass is 1060 g/mol. The van der Waals surface area contributed by atoms with E-state index in [0.717, 1.165) is 72.2 Å². The van der Waals surface area contributed by atoms with E-state index in [1.807, 2.05) is 34.8 Å². The van der Waals surface area contributed by atoms with Gasteiger partial charge in [-0.3, -0.25) is 0 Å². The number of rotatable bonds is 7. The molecule has 4 aromatic heterocycles. The van der Waals surface area contributed by atoms with E-state index < -0.39 is 8.07 Å². The highest BCUT2D eigenvalue weighted by atomic mass is 32.1. The molecule has 1 aliphatic rings. The third-order valence-electron chi connectivity index (χ3n) is 16.5. The topological polar surface area (TPSA) is 32.8 Å². The quantitative estimate of drug-likeness (QED) is 0.149. The van der Waals surface area contributed by atoms with Gasteiger partial charge < -0.3 is 18.6 Å². The number of furan rings is 2. The van der Waals surface area contributed by atoms with Crippen LogP contribution in [0, 0.1) is 0 Å². The van der Waals surface area contributed by atoms with Crippen molar-refractivity contribution < 1.29 is 8.83 Å². The lowest BCUT2D eigenvalue weighted by molar-refractivity contribution is 0.669. The zero-order chi connectivity index (χ0) is 51.8. The molecule has 16 aromatic rings. The molecule has 0 fully saturated rings. The largest absolute Gasteiger partial charge is 0.456 e. The first-order valence-electron chi connectivity index (χ1n) is 26.8. The van der Waals surface area contributed by atoms with Crippen LogP contribution in [0.5, 0.6) is 0 Å². The van der Waals surface area contributed by atoms with Gasteiger partial charge in [0, 0.05) is 108 Å². The van der Waals surface area contributed by atoms with E-state index in [2.05, 4.69) is 265 Å². The Morgan fingerprint density at radius 2 is 0.785 bits per heavy atom. The van der Waals surface area contributed by atoms with Crippen molar-refractivity contribution in [2.24, 2.45) is 0 Å². The van der Waals surface area contributed by atoms with Gasteiger partial charge in [-0.25, -0.2) is 0 Å². The van der Waals surface area contributed by atoms with Crippen LogP contribution in [0.4, 0.5) is 34.1 Å². The van der Waals surface area contributed by atoms with Crippen LogP contribution in [0.1, 0.15) is 0 Å². The van der Waals surface area contributed by atoms with Crippen molar-refractivity contribution in [3.8, 4) is 11.1 Å². The molecule has 0 aliphatic carbocycles. The molecule has 5 heterocycles.